The minimum Gasteiger partial charge on any atom is -0.380 e. The van der Waals surface area contributed by atoms with Gasteiger partial charge in [0.2, 0.25) is 0 Å². The van der Waals surface area contributed by atoms with Crippen molar-refractivity contribution >= 4 is 17.5 Å². The van der Waals surface area contributed by atoms with Crippen molar-refractivity contribution < 1.29 is 40.7 Å². The molecule has 0 amide bonds. The van der Waals surface area contributed by atoms with E-state index >= 15 is 0 Å². The molecule has 1 aromatic carbocycles. The first-order valence-electron chi connectivity index (χ1n) is 13.6. The molecule has 2 saturated heterocycles. The van der Waals surface area contributed by atoms with E-state index in [1.807, 2.05) is 0 Å². The predicted octanol–water partition coefficient (Wildman–Crippen LogP) is 2.03. The van der Waals surface area contributed by atoms with E-state index < -0.39 is 47.2 Å². The SMILES string of the molecule is CCOCCn1c(=O)c2c(n(C)c1=O)N(OC(=O)C(F)(F)F)C(N1CCC3CNCC31)N2Cc1cccc(C(F)(F)F)c1. The molecule has 236 valence electrons. The Hall–Kier alpha value is -3.57. The van der Waals surface area contributed by atoms with Gasteiger partial charge >= 0.3 is 24.0 Å². The predicted molar refractivity (Wildman–Crippen MR) is 140 cm³/mol. The van der Waals surface area contributed by atoms with Crippen LogP contribution in [-0.2, 0) is 40.7 Å². The maximum Gasteiger partial charge on any atom is 0.493 e. The van der Waals surface area contributed by atoms with Crippen LogP contribution in [0.15, 0.2) is 33.9 Å². The molecule has 3 atom stereocenters. The fraction of sp³-hybridized carbons (Fsp3) is 0.577. The first-order valence-corrected chi connectivity index (χ1v) is 13.6. The fourth-order valence-corrected chi connectivity index (χ4v) is 6.01. The van der Waals surface area contributed by atoms with Crippen molar-refractivity contribution in [3.63, 3.8) is 0 Å². The molecule has 3 aliphatic rings. The summed E-state index contributed by atoms with van der Waals surface area (Å²) in [5.74, 6) is -2.92. The maximum atomic E-state index is 13.9. The number of likely N-dealkylation sites (tertiary alicyclic amines) is 1. The first-order chi connectivity index (χ1) is 20.2. The highest BCUT2D eigenvalue weighted by molar-refractivity contribution is 5.80. The van der Waals surface area contributed by atoms with Crippen molar-refractivity contribution in [1.82, 2.24) is 19.4 Å². The molecule has 43 heavy (non-hydrogen) atoms. The number of alkyl halides is 6. The normalized spacial score (nSPS) is 22.3. The molecule has 1 N–H and O–H groups in total. The second-order valence-electron chi connectivity index (χ2n) is 10.6. The highest BCUT2D eigenvalue weighted by Crippen LogP contribution is 2.43. The molecule has 0 saturated carbocycles. The number of carbonyl (C=O) groups excluding carboxylic acids is 1. The maximum absolute atomic E-state index is 13.9. The standard InChI is InChI=1S/C26H30F6N6O5/c1-3-42-10-9-36-21(39)19-20(34(2)24(36)41)38(43-22(40)26(30,31)32)23(35-8-7-16-12-33-13-18(16)35)37(19)14-15-5-4-6-17(11-15)25(27,28)29/h4-6,11,16,18,23,33H,3,7-10,12-14H2,1-2H3. The van der Waals surface area contributed by atoms with Crippen molar-refractivity contribution in [1.29, 1.82) is 0 Å². The third kappa shape index (κ3) is 5.72. The van der Waals surface area contributed by atoms with Gasteiger partial charge in [-0.25, -0.2) is 9.59 Å². The monoisotopic (exact) mass is 620 g/mol. The van der Waals surface area contributed by atoms with Crippen LogP contribution in [0.3, 0.4) is 0 Å². The van der Waals surface area contributed by atoms with Crippen LogP contribution in [-0.4, -0.2) is 71.4 Å². The van der Waals surface area contributed by atoms with Crippen molar-refractivity contribution in [2.75, 3.05) is 42.8 Å². The molecule has 2 fully saturated rings. The van der Waals surface area contributed by atoms with E-state index in [0.717, 1.165) is 21.3 Å². The molecule has 5 rings (SSSR count). The Morgan fingerprint density at radius 2 is 1.86 bits per heavy atom. The number of hydroxylamine groups is 1. The zero-order chi connectivity index (χ0) is 31.3. The van der Waals surface area contributed by atoms with Gasteiger partial charge in [-0.05, 0) is 43.5 Å². The number of anilines is 2. The number of halogens is 6. The number of rotatable bonds is 8. The second kappa shape index (κ2) is 11.5. The van der Waals surface area contributed by atoms with E-state index in [2.05, 4.69) is 5.32 Å². The third-order valence-corrected chi connectivity index (χ3v) is 7.95. The molecule has 3 unspecified atom stereocenters. The number of hydrogen-bond acceptors (Lipinski definition) is 9. The van der Waals surface area contributed by atoms with Gasteiger partial charge in [-0.2, -0.15) is 26.3 Å². The largest absolute Gasteiger partial charge is 0.493 e. The van der Waals surface area contributed by atoms with Crippen LogP contribution in [0.2, 0.25) is 0 Å². The summed E-state index contributed by atoms with van der Waals surface area (Å²) in [5, 5.41) is 3.80. The smallest absolute Gasteiger partial charge is 0.380 e. The molecule has 0 aliphatic carbocycles. The van der Waals surface area contributed by atoms with Gasteiger partial charge in [0.25, 0.3) is 5.56 Å². The summed E-state index contributed by atoms with van der Waals surface area (Å²) in [5.41, 5.74) is -3.00. The third-order valence-electron chi connectivity index (χ3n) is 7.95. The van der Waals surface area contributed by atoms with Crippen molar-refractivity contribution in [3.8, 4) is 0 Å². The molecule has 3 aliphatic heterocycles. The summed E-state index contributed by atoms with van der Waals surface area (Å²) in [7, 11) is 1.21. The Kier molecular flexibility index (Phi) is 8.26. The van der Waals surface area contributed by atoms with E-state index in [-0.39, 0.29) is 49.5 Å². The Morgan fingerprint density at radius 1 is 1.12 bits per heavy atom. The summed E-state index contributed by atoms with van der Waals surface area (Å²) in [4.78, 5) is 47.4. The van der Waals surface area contributed by atoms with Gasteiger partial charge in [0.05, 0.1) is 18.7 Å². The Balaban J connectivity index is 1.70. The first kappa shape index (κ1) is 30.9. The number of carbonyl (C=O) groups is 1. The highest BCUT2D eigenvalue weighted by atomic mass is 19.4. The van der Waals surface area contributed by atoms with Crippen LogP contribution in [0.4, 0.5) is 37.8 Å². The van der Waals surface area contributed by atoms with E-state index in [1.54, 1.807) is 11.8 Å². The summed E-state index contributed by atoms with van der Waals surface area (Å²) in [6.45, 7) is 2.76. The summed E-state index contributed by atoms with van der Waals surface area (Å²) in [6, 6.07) is 4.05. The summed E-state index contributed by atoms with van der Waals surface area (Å²) in [6.07, 6.45) is -10.9. The number of fused-ring (bicyclic) bond motifs is 2. The summed E-state index contributed by atoms with van der Waals surface area (Å²) < 4.78 is 88.2. The lowest BCUT2D eigenvalue weighted by Gasteiger charge is -2.39. The van der Waals surface area contributed by atoms with Crippen LogP contribution in [0.5, 0.6) is 0 Å². The number of ether oxygens (including phenoxy) is 1. The van der Waals surface area contributed by atoms with E-state index in [1.165, 1.54) is 24.1 Å². The van der Waals surface area contributed by atoms with Gasteiger partial charge in [-0.3, -0.25) is 18.8 Å². The molecule has 11 nitrogen and oxygen atoms in total. The van der Waals surface area contributed by atoms with Crippen LogP contribution >= 0.6 is 0 Å². The minimum atomic E-state index is -5.42. The minimum absolute atomic E-state index is 0.0319. The number of aromatic nitrogens is 2. The van der Waals surface area contributed by atoms with Gasteiger partial charge in [0.1, 0.15) is 0 Å². The average Bonchev–Trinajstić information content (AvgIpc) is 3.63. The van der Waals surface area contributed by atoms with E-state index in [9.17, 15) is 40.7 Å². The summed E-state index contributed by atoms with van der Waals surface area (Å²) >= 11 is 0. The Labute approximate surface area is 241 Å². The molecule has 1 aromatic heterocycles. The Bertz CT molecular complexity index is 1490. The van der Waals surface area contributed by atoms with Gasteiger partial charge in [0.15, 0.2) is 17.8 Å². The molecular weight excluding hydrogens is 590 g/mol. The fourth-order valence-electron chi connectivity index (χ4n) is 6.01. The lowest BCUT2D eigenvalue weighted by Crippen LogP contribution is -2.58. The second-order valence-corrected chi connectivity index (χ2v) is 10.6. The molecule has 0 bridgehead atoms. The van der Waals surface area contributed by atoms with Gasteiger partial charge in [-0.1, -0.05) is 12.1 Å². The molecule has 0 radical (unpaired) electrons. The van der Waals surface area contributed by atoms with Gasteiger partial charge in [0, 0.05) is 39.3 Å². The van der Waals surface area contributed by atoms with Crippen molar-refractivity contribution in [2.24, 2.45) is 13.0 Å². The van der Waals surface area contributed by atoms with Gasteiger partial charge in [-0.15, -0.1) is 5.06 Å². The zero-order valence-corrected chi connectivity index (χ0v) is 23.2. The average molecular weight is 621 g/mol. The van der Waals surface area contributed by atoms with Crippen LogP contribution < -0.4 is 26.5 Å². The van der Waals surface area contributed by atoms with Crippen molar-refractivity contribution in [2.45, 2.75) is 51.1 Å². The van der Waals surface area contributed by atoms with E-state index in [4.69, 9.17) is 9.57 Å². The van der Waals surface area contributed by atoms with Crippen LogP contribution in [0.1, 0.15) is 24.5 Å². The Morgan fingerprint density at radius 3 is 2.53 bits per heavy atom. The molecule has 2 aromatic rings. The topological polar surface area (TPSA) is 101 Å². The van der Waals surface area contributed by atoms with E-state index in [0.29, 0.717) is 31.1 Å². The molecule has 17 heteroatoms. The van der Waals surface area contributed by atoms with Gasteiger partial charge < -0.3 is 19.8 Å². The lowest BCUT2D eigenvalue weighted by molar-refractivity contribution is -0.203. The van der Waals surface area contributed by atoms with Crippen LogP contribution in [0.25, 0.3) is 0 Å². The van der Waals surface area contributed by atoms with Crippen molar-refractivity contribution in [3.05, 3.63) is 56.2 Å². The van der Waals surface area contributed by atoms with Crippen LogP contribution in [0, 0.1) is 5.92 Å². The zero-order valence-electron chi connectivity index (χ0n) is 23.2. The number of nitrogens with one attached hydrogen (secondary N) is 1. The molecular formula is C26H30F6N6O5. The number of benzene rings is 1. The number of hydrogen-bond donors (Lipinski definition) is 1. The lowest BCUT2D eigenvalue weighted by atomic mass is 10.1. The number of nitrogens with zero attached hydrogens (tertiary/aromatic N) is 5. The quantitative estimate of drug-likeness (QED) is 0.351. The molecule has 4 heterocycles. The molecule has 0 spiro atoms. The highest BCUT2D eigenvalue weighted by Gasteiger charge is 2.54.